The zero-order chi connectivity index (χ0) is 23.4. The molecule has 0 bridgehead atoms. The molecule has 4 aromatic rings. The molecule has 4 nitrogen and oxygen atoms in total. The second-order valence-electron chi connectivity index (χ2n) is 8.68. The van der Waals surface area contributed by atoms with Gasteiger partial charge in [0.1, 0.15) is 17.2 Å². The fraction of sp³-hybridized carbons (Fsp3) is 0.214. The highest BCUT2D eigenvalue weighted by molar-refractivity contribution is 7.49. The third-order valence-electron chi connectivity index (χ3n) is 5.47. The summed E-state index contributed by atoms with van der Waals surface area (Å²) in [6, 6.07) is 28.4. The van der Waals surface area contributed by atoms with E-state index in [4.69, 9.17) is 13.6 Å². The molecule has 0 aromatic heterocycles. The van der Waals surface area contributed by atoms with Crippen LogP contribution in [-0.4, -0.2) is 0 Å². The Kier molecular flexibility index (Phi) is 6.76. The molecule has 0 saturated carbocycles. The van der Waals surface area contributed by atoms with Crippen molar-refractivity contribution in [2.45, 2.75) is 39.5 Å². The van der Waals surface area contributed by atoms with Gasteiger partial charge in [0.05, 0.1) is 0 Å². The minimum Gasteiger partial charge on any atom is -0.386 e. The fourth-order valence-corrected chi connectivity index (χ4v) is 4.74. The van der Waals surface area contributed by atoms with Gasteiger partial charge in [0.25, 0.3) is 0 Å². The normalized spacial score (nSPS) is 11.7. The van der Waals surface area contributed by atoms with Crippen LogP contribution in [0.15, 0.2) is 91.0 Å². The molecule has 0 amide bonds. The van der Waals surface area contributed by atoms with Gasteiger partial charge in [-0.25, -0.2) is 0 Å². The lowest BCUT2D eigenvalue weighted by Crippen LogP contribution is -2.08. The van der Waals surface area contributed by atoms with E-state index in [9.17, 15) is 4.57 Å². The molecule has 0 N–H and O–H groups in total. The summed E-state index contributed by atoms with van der Waals surface area (Å²) in [6.45, 7) is 8.47. The van der Waals surface area contributed by atoms with Crippen LogP contribution in [0.2, 0.25) is 0 Å². The van der Waals surface area contributed by atoms with Crippen LogP contribution < -0.4 is 13.6 Å². The van der Waals surface area contributed by atoms with E-state index in [1.807, 2.05) is 60.7 Å². The fourth-order valence-electron chi connectivity index (χ4n) is 3.49. The van der Waals surface area contributed by atoms with Crippen LogP contribution in [0.25, 0.3) is 10.8 Å². The Morgan fingerprint density at radius 1 is 0.545 bits per heavy atom. The number of rotatable bonds is 8. The predicted molar refractivity (Wildman–Crippen MR) is 135 cm³/mol. The van der Waals surface area contributed by atoms with Gasteiger partial charge in [0.2, 0.25) is 0 Å². The van der Waals surface area contributed by atoms with Crippen molar-refractivity contribution >= 4 is 18.6 Å². The van der Waals surface area contributed by atoms with Crippen LogP contribution >= 0.6 is 7.82 Å². The summed E-state index contributed by atoms with van der Waals surface area (Å²) in [5.41, 5.74) is 2.33. The number of hydrogen-bond donors (Lipinski definition) is 0. The number of hydrogen-bond acceptors (Lipinski definition) is 4. The molecule has 170 valence electrons. The first-order chi connectivity index (χ1) is 15.8. The standard InChI is InChI=1S/C28H29O4P/c1-20(2)22-9-14-26(15-10-22)30-33(29,31-27-16-11-23(12-17-27)21(3)4)32-28-18-13-24-7-5-6-8-25(24)19-28/h5-21H,1-4H3. The highest BCUT2D eigenvalue weighted by atomic mass is 31.2. The van der Waals surface area contributed by atoms with Crippen molar-refractivity contribution in [3.63, 3.8) is 0 Å². The van der Waals surface area contributed by atoms with Gasteiger partial charge in [-0.05, 0) is 70.1 Å². The van der Waals surface area contributed by atoms with Gasteiger partial charge >= 0.3 is 7.82 Å². The van der Waals surface area contributed by atoms with E-state index < -0.39 is 7.82 Å². The van der Waals surface area contributed by atoms with Gasteiger partial charge in [-0.3, -0.25) is 0 Å². The third-order valence-corrected chi connectivity index (χ3v) is 6.77. The highest BCUT2D eigenvalue weighted by Crippen LogP contribution is 2.50. The molecule has 5 heteroatoms. The Labute approximate surface area is 195 Å². The first kappa shape index (κ1) is 22.9. The van der Waals surface area contributed by atoms with Crippen LogP contribution in [-0.2, 0) is 4.57 Å². The van der Waals surface area contributed by atoms with Crippen molar-refractivity contribution < 1.29 is 18.1 Å². The molecule has 33 heavy (non-hydrogen) atoms. The molecule has 0 atom stereocenters. The maximum Gasteiger partial charge on any atom is 0.647 e. The second kappa shape index (κ2) is 9.72. The third kappa shape index (κ3) is 5.77. The minimum atomic E-state index is -4.04. The lowest BCUT2D eigenvalue weighted by atomic mass is 10.0. The van der Waals surface area contributed by atoms with Crippen molar-refractivity contribution in [3.8, 4) is 17.2 Å². The summed E-state index contributed by atoms with van der Waals surface area (Å²) in [6.07, 6.45) is 0. The summed E-state index contributed by atoms with van der Waals surface area (Å²) >= 11 is 0. The van der Waals surface area contributed by atoms with Gasteiger partial charge in [-0.2, -0.15) is 4.57 Å². The van der Waals surface area contributed by atoms with Gasteiger partial charge in [0.15, 0.2) is 0 Å². The van der Waals surface area contributed by atoms with Crippen molar-refractivity contribution in [1.29, 1.82) is 0 Å². The average Bonchev–Trinajstić information content (AvgIpc) is 2.79. The molecule has 0 unspecified atom stereocenters. The van der Waals surface area contributed by atoms with E-state index in [-0.39, 0.29) is 0 Å². The van der Waals surface area contributed by atoms with Crippen LogP contribution in [0.5, 0.6) is 17.2 Å². The van der Waals surface area contributed by atoms with Crippen molar-refractivity contribution in [3.05, 3.63) is 102 Å². The molecular formula is C28H29O4P. The Bertz CT molecular complexity index is 1200. The number of phosphoric acid groups is 1. The largest absolute Gasteiger partial charge is 0.647 e. The number of fused-ring (bicyclic) bond motifs is 1. The monoisotopic (exact) mass is 460 g/mol. The second-order valence-corrected chi connectivity index (χ2v) is 10.1. The van der Waals surface area contributed by atoms with E-state index in [1.165, 1.54) is 0 Å². The van der Waals surface area contributed by atoms with Crippen LogP contribution in [0, 0.1) is 0 Å². The SMILES string of the molecule is CC(C)c1ccc(OP(=O)(Oc2ccc(C(C)C)cc2)Oc2ccc3ccccc3c2)cc1. The molecule has 0 aliphatic rings. The highest BCUT2D eigenvalue weighted by Gasteiger charge is 2.33. The van der Waals surface area contributed by atoms with E-state index in [0.29, 0.717) is 29.1 Å². The molecule has 0 aliphatic carbocycles. The first-order valence-electron chi connectivity index (χ1n) is 11.2. The number of phosphoric ester groups is 1. The van der Waals surface area contributed by atoms with Crippen LogP contribution in [0.4, 0.5) is 0 Å². The van der Waals surface area contributed by atoms with E-state index in [0.717, 1.165) is 21.9 Å². The van der Waals surface area contributed by atoms with Crippen molar-refractivity contribution in [2.75, 3.05) is 0 Å². The van der Waals surface area contributed by atoms with Crippen molar-refractivity contribution in [1.82, 2.24) is 0 Å². The van der Waals surface area contributed by atoms with E-state index >= 15 is 0 Å². The smallest absolute Gasteiger partial charge is 0.386 e. The molecule has 4 rings (SSSR count). The zero-order valence-corrected chi connectivity index (χ0v) is 20.3. The molecular weight excluding hydrogens is 431 g/mol. The maximum absolute atomic E-state index is 13.8. The lowest BCUT2D eigenvalue weighted by Gasteiger charge is -2.20. The quantitative estimate of drug-likeness (QED) is 0.247. The summed E-state index contributed by atoms with van der Waals surface area (Å²) in [5, 5.41) is 2.04. The molecule has 0 fully saturated rings. The van der Waals surface area contributed by atoms with E-state index in [1.54, 1.807) is 30.3 Å². The van der Waals surface area contributed by atoms with Gasteiger partial charge in [-0.15, -0.1) is 0 Å². The van der Waals surface area contributed by atoms with Crippen LogP contribution in [0.1, 0.15) is 50.7 Å². The molecule has 0 saturated heterocycles. The number of benzene rings is 4. The molecule has 0 heterocycles. The molecule has 0 aliphatic heterocycles. The summed E-state index contributed by atoms with van der Waals surface area (Å²) in [4.78, 5) is 0. The Balaban J connectivity index is 1.64. The first-order valence-corrected chi connectivity index (χ1v) is 12.6. The average molecular weight is 461 g/mol. The maximum atomic E-state index is 13.8. The molecule has 4 aromatic carbocycles. The van der Waals surface area contributed by atoms with Crippen LogP contribution in [0.3, 0.4) is 0 Å². The molecule has 0 spiro atoms. The Morgan fingerprint density at radius 3 is 1.45 bits per heavy atom. The molecule has 0 radical (unpaired) electrons. The van der Waals surface area contributed by atoms with Gasteiger partial charge in [-0.1, -0.05) is 82.3 Å². The zero-order valence-electron chi connectivity index (χ0n) is 19.4. The van der Waals surface area contributed by atoms with Crippen molar-refractivity contribution in [2.24, 2.45) is 0 Å². The summed E-state index contributed by atoms with van der Waals surface area (Å²) < 4.78 is 31.4. The van der Waals surface area contributed by atoms with E-state index in [2.05, 4.69) is 27.7 Å². The predicted octanol–water partition coefficient (Wildman–Crippen LogP) is 8.73. The van der Waals surface area contributed by atoms with Gasteiger partial charge < -0.3 is 13.6 Å². The summed E-state index contributed by atoms with van der Waals surface area (Å²) in [5.74, 6) is 2.02. The topological polar surface area (TPSA) is 44.8 Å². The Morgan fingerprint density at radius 2 is 0.970 bits per heavy atom. The minimum absolute atomic E-state index is 0.385. The Hall–Kier alpha value is -3.23. The summed E-state index contributed by atoms with van der Waals surface area (Å²) in [7, 11) is -4.04. The lowest BCUT2D eigenvalue weighted by molar-refractivity contribution is 0.298. The van der Waals surface area contributed by atoms with Gasteiger partial charge in [0, 0.05) is 0 Å².